The average Bonchev–Trinajstić information content (AvgIpc) is 3.00. The number of halogens is 1. The van der Waals surface area contributed by atoms with E-state index in [9.17, 15) is 17.6 Å². The van der Waals surface area contributed by atoms with E-state index in [0.717, 1.165) is 0 Å². The third-order valence-electron chi connectivity index (χ3n) is 4.05. The molecule has 0 radical (unpaired) electrons. The van der Waals surface area contributed by atoms with E-state index < -0.39 is 20.9 Å². The van der Waals surface area contributed by atoms with Gasteiger partial charge in [-0.15, -0.1) is 0 Å². The predicted molar refractivity (Wildman–Crippen MR) is 82.2 cm³/mol. The lowest BCUT2D eigenvalue weighted by Crippen LogP contribution is -2.33. The molecule has 0 bridgehead atoms. The largest absolute Gasteiger partial charge is 0.472 e. The van der Waals surface area contributed by atoms with E-state index in [1.54, 1.807) is 6.07 Å². The van der Waals surface area contributed by atoms with Crippen LogP contribution in [0, 0.1) is 5.82 Å². The van der Waals surface area contributed by atoms with Crippen molar-refractivity contribution < 1.29 is 22.0 Å². The summed E-state index contributed by atoms with van der Waals surface area (Å²) in [6.45, 7) is 0.347. The number of nitrogens with zero attached hydrogens (tertiary/aromatic N) is 1. The molecule has 1 fully saturated rings. The minimum Gasteiger partial charge on any atom is -0.472 e. The van der Waals surface area contributed by atoms with Crippen LogP contribution >= 0.6 is 0 Å². The predicted octanol–water partition coefficient (Wildman–Crippen LogP) is 2.42. The molecule has 7 heteroatoms. The van der Waals surface area contributed by atoms with Crippen molar-refractivity contribution >= 4 is 15.7 Å². The number of hydrogen-bond acceptors (Lipinski definition) is 4. The van der Waals surface area contributed by atoms with Gasteiger partial charge in [0.05, 0.1) is 22.8 Å². The minimum atomic E-state index is -3.53. The lowest BCUT2D eigenvalue weighted by molar-refractivity contribution is 0.0766. The Bertz CT molecular complexity index is 801. The van der Waals surface area contributed by atoms with Gasteiger partial charge in [0.1, 0.15) is 12.1 Å². The fraction of sp³-hybridized carbons (Fsp3) is 0.312. The molecule has 0 saturated carbocycles. The van der Waals surface area contributed by atoms with Crippen LogP contribution < -0.4 is 0 Å². The zero-order valence-electron chi connectivity index (χ0n) is 12.3. The number of rotatable bonds is 2. The molecule has 0 aliphatic carbocycles. The Hall–Kier alpha value is -2.15. The Labute approximate surface area is 133 Å². The summed E-state index contributed by atoms with van der Waals surface area (Å²) in [6.07, 6.45) is 2.90. The van der Waals surface area contributed by atoms with Crippen molar-refractivity contribution in [2.75, 3.05) is 18.8 Å². The van der Waals surface area contributed by atoms with Crippen LogP contribution in [0.25, 0.3) is 0 Å². The SMILES string of the molecule is O=C(c1ccoc1)N1CCC(c2ccccc2F)S(=O)(=O)CC1. The maximum Gasteiger partial charge on any atom is 0.257 e. The van der Waals surface area contributed by atoms with Crippen LogP contribution in [0.15, 0.2) is 47.3 Å². The number of carbonyl (C=O) groups is 1. The van der Waals surface area contributed by atoms with Crippen LogP contribution in [0.2, 0.25) is 0 Å². The standard InChI is InChI=1S/C16H16FNO4S/c17-14-4-2-1-3-13(14)15-5-7-18(8-10-23(15,20)21)16(19)12-6-9-22-11-12/h1-4,6,9,11,15H,5,7-8,10H2. The number of hydrogen-bond donors (Lipinski definition) is 0. The molecular weight excluding hydrogens is 321 g/mol. The summed E-state index contributed by atoms with van der Waals surface area (Å²) < 4.78 is 43.8. The summed E-state index contributed by atoms with van der Waals surface area (Å²) in [5.74, 6) is -0.992. The summed E-state index contributed by atoms with van der Waals surface area (Å²) in [5, 5.41) is -0.925. The topological polar surface area (TPSA) is 67.6 Å². The number of furan rings is 1. The summed E-state index contributed by atoms with van der Waals surface area (Å²) in [4.78, 5) is 13.8. The maximum absolute atomic E-state index is 14.0. The zero-order chi connectivity index (χ0) is 16.4. The van der Waals surface area contributed by atoms with Crippen molar-refractivity contribution in [2.45, 2.75) is 11.7 Å². The molecule has 1 amide bonds. The Morgan fingerprint density at radius 3 is 2.70 bits per heavy atom. The Balaban J connectivity index is 1.86. The quantitative estimate of drug-likeness (QED) is 0.844. The second-order valence-electron chi connectivity index (χ2n) is 5.47. The summed E-state index contributed by atoms with van der Waals surface area (Å²) in [7, 11) is -3.53. The molecule has 1 atom stereocenters. The highest BCUT2D eigenvalue weighted by Gasteiger charge is 2.34. The molecule has 0 spiro atoms. The molecule has 122 valence electrons. The van der Waals surface area contributed by atoms with Crippen molar-refractivity contribution in [1.29, 1.82) is 0 Å². The third-order valence-corrected chi connectivity index (χ3v) is 6.16. The number of carbonyl (C=O) groups excluding carboxylic acids is 1. The fourth-order valence-corrected chi connectivity index (χ4v) is 4.60. The zero-order valence-corrected chi connectivity index (χ0v) is 13.1. The first kappa shape index (κ1) is 15.7. The summed E-state index contributed by atoms with van der Waals surface area (Å²) in [5.41, 5.74) is 0.553. The van der Waals surface area contributed by atoms with Crippen molar-refractivity contribution in [3.8, 4) is 0 Å². The van der Waals surface area contributed by atoms with Gasteiger partial charge in [-0.25, -0.2) is 12.8 Å². The second kappa shape index (κ2) is 6.16. The Morgan fingerprint density at radius 1 is 1.22 bits per heavy atom. The van der Waals surface area contributed by atoms with Gasteiger partial charge in [0.25, 0.3) is 5.91 Å². The molecule has 1 aliphatic rings. The molecule has 5 nitrogen and oxygen atoms in total. The van der Waals surface area contributed by atoms with Gasteiger partial charge in [-0.2, -0.15) is 0 Å². The molecule has 1 aromatic carbocycles. The van der Waals surface area contributed by atoms with Crippen LogP contribution in [-0.4, -0.2) is 38.1 Å². The highest BCUT2D eigenvalue weighted by Crippen LogP contribution is 2.31. The molecule has 2 aromatic rings. The van der Waals surface area contributed by atoms with E-state index in [1.165, 1.54) is 41.7 Å². The molecule has 3 rings (SSSR count). The Morgan fingerprint density at radius 2 is 2.00 bits per heavy atom. The molecule has 1 aromatic heterocycles. The maximum atomic E-state index is 14.0. The lowest BCUT2D eigenvalue weighted by Gasteiger charge is -2.19. The van der Waals surface area contributed by atoms with Gasteiger partial charge in [0.15, 0.2) is 9.84 Å². The van der Waals surface area contributed by atoms with Gasteiger partial charge in [-0.1, -0.05) is 18.2 Å². The molecule has 2 heterocycles. The smallest absolute Gasteiger partial charge is 0.257 e. The number of benzene rings is 1. The van der Waals surface area contributed by atoms with Gasteiger partial charge >= 0.3 is 0 Å². The average molecular weight is 337 g/mol. The first-order valence-corrected chi connectivity index (χ1v) is 8.98. The van der Waals surface area contributed by atoms with Gasteiger partial charge in [0, 0.05) is 18.7 Å². The highest BCUT2D eigenvalue weighted by atomic mass is 32.2. The van der Waals surface area contributed by atoms with Crippen molar-refractivity contribution in [1.82, 2.24) is 4.90 Å². The summed E-state index contributed by atoms with van der Waals surface area (Å²) >= 11 is 0. The number of amides is 1. The molecule has 0 N–H and O–H groups in total. The third kappa shape index (κ3) is 3.14. The van der Waals surface area contributed by atoms with Crippen LogP contribution in [0.3, 0.4) is 0 Å². The van der Waals surface area contributed by atoms with Gasteiger partial charge < -0.3 is 9.32 Å². The second-order valence-corrected chi connectivity index (χ2v) is 7.77. The summed E-state index contributed by atoms with van der Waals surface area (Å²) in [6, 6.07) is 7.43. The van der Waals surface area contributed by atoms with Crippen LogP contribution in [0.1, 0.15) is 27.6 Å². The monoisotopic (exact) mass is 337 g/mol. The lowest BCUT2D eigenvalue weighted by atomic mass is 10.1. The number of sulfone groups is 1. The van der Waals surface area contributed by atoms with Crippen LogP contribution in [-0.2, 0) is 9.84 Å². The molecule has 1 aliphatic heterocycles. The van der Waals surface area contributed by atoms with Gasteiger partial charge in [0.2, 0.25) is 0 Å². The minimum absolute atomic E-state index is 0.0945. The first-order chi connectivity index (χ1) is 11.0. The van der Waals surface area contributed by atoms with E-state index in [-0.39, 0.29) is 36.7 Å². The van der Waals surface area contributed by atoms with Crippen molar-refractivity contribution in [3.05, 3.63) is 59.8 Å². The van der Waals surface area contributed by atoms with Gasteiger partial charge in [-0.3, -0.25) is 4.79 Å². The van der Waals surface area contributed by atoms with E-state index in [4.69, 9.17) is 4.42 Å². The first-order valence-electron chi connectivity index (χ1n) is 7.26. The molecule has 1 unspecified atom stereocenters. The normalized spacial score (nSPS) is 20.9. The van der Waals surface area contributed by atoms with E-state index in [2.05, 4.69) is 0 Å². The highest BCUT2D eigenvalue weighted by molar-refractivity contribution is 7.91. The van der Waals surface area contributed by atoms with Gasteiger partial charge in [-0.05, 0) is 18.6 Å². The molecule has 1 saturated heterocycles. The van der Waals surface area contributed by atoms with Crippen LogP contribution in [0.4, 0.5) is 4.39 Å². The van der Waals surface area contributed by atoms with Crippen LogP contribution in [0.5, 0.6) is 0 Å². The fourth-order valence-electron chi connectivity index (χ4n) is 2.80. The Kier molecular flexibility index (Phi) is 4.21. The van der Waals surface area contributed by atoms with Crippen molar-refractivity contribution in [2.24, 2.45) is 0 Å². The van der Waals surface area contributed by atoms with Crippen molar-refractivity contribution in [3.63, 3.8) is 0 Å². The molecular formula is C16H16FNO4S. The van der Waals surface area contributed by atoms with E-state index in [0.29, 0.717) is 5.56 Å². The van der Waals surface area contributed by atoms with E-state index >= 15 is 0 Å². The molecule has 23 heavy (non-hydrogen) atoms. The van der Waals surface area contributed by atoms with E-state index in [1.807, 2.05) is 0 Å².